The molecule has 0 N–H and O–H groups in total. The molecule has 5 heteroatoms. The van der Waals surface area contributed by atoms with Gasteiger partial charge in [0, 0.05) is 5.92 Å². The minimum absolute atomic E-state index is 0.147. The Morgan fingerprint density at radius 3 is 2.57 bits per heavy atom. The maximum absolute atomic E-state index is 11.9. The number of para-hydroxylation sites is 1. The normalized spacial score (nSPS) is 21.5. The maximum Gasteiger partial charge on any atom is 0.306 e. The number of carbonyl (C=O) groups excluding carboxylic acids is 1. The molecule has 0 spiro atoms. The zero-order valence-electron chi connectivity index (χ0n) is 13.3. The number of methoxy groups -OCH3 is 1. The lowest BCUT2D eigenvalue weighted by atomic mass is 9.92. The Hall–Kier alpha value is -1.07. The van der Waals surface area contributed by atoms with Crippen molar-refractivity contribution in [2.24, 2.45) is 10.9 Å². The van der Waals surface area contributed by atoms with E-state index in [0.29, 0.717) is 12.0 Å². The van der Waals surface area contributed by atoms with Crippen LogP contribution in [0.1, 0.15) is 17.5 Å². The average molecular weight is 322 g/mol. The molecule has 0 bridgehead atoms. The highest BCUT2D eigenvalue weighted by atomic mass is 32.2. The molecule has 0 radical (unpaired) electrons. The van der Waals surface area contributed by atoms with Gasteiger partial charge in [0.05, 0.1) is 32.3 Å². The summed E-state index contributed by atoms with van der Waals surface area (Å²) >= 11 is 1.65. The van der Waals surface area contributed by atoms with Crippen LogP contribution in [0.4, 0.5) is 5.69 Å². The minimum Gasteiger partial charge on any atom is -0.469 e. The van der Waals surface area contributed by atoms with Crippen molar-refractivity contribution in [3.05, 3.63) is 29.8 Å². The predicted molar refractivity (Wildman–Crippen MR) is 93.3 cm³/mol. The molecule has 1 aromatic carbocycles. The summed E-state index contributed by atoms with van der Waals surface area (Å²) in [6.45, 7) is 7.09. The Morgan fingerprint density at radius 1 is 1.33 bits per heavy atom. The van der Waals surface area contributed by atoms with Gasteiger partial charge in [-0.05, 0) is 23.4 Å². The van der Waals surface area contributed by atoms with Crippen molar-refractivity contribution in [2.75, 3.05) is 13.4 Å². The lowest BCUT2D eigenvalue weighted by molar-refractivity contribution is -0.141. The van der Waals surface area contributed by atoms with Crippen molar-refractivity contribution < 1.29 is 9.53 Å². The maximum atomic E-state index is 11.9. The van der Waals surface area contributed by atoms with Crippen molar-refractivity contribution in [3.63, 3.8) is 0 Å². The lowest BCUT2D eigenvalue weighted by Crippen LogP contribution is -2.41. The molecule has 0 aromatic heterocycles. The Balaban J connectivity index is 2.53. The summed E-state index contributed by atoms with van der Waals surface area (Å²) in [4.78, 5) is 16.6. The van der Waals surface area contributed by atoms with E-state index < -0.39 is 8.07 Å². The minimum atomic E-state index is -1.51. The molecular formula is C16H23NO2SSi. The van der Waals surface area contributed by atoms with E-state index in [2.05, 4.69) is 37.8 Å². The van der Waals surface area contributed by atoms with Crippen LogP contribution in [0.25, 0.3) is 0 Å². The summed E-state index contributed by atoms with van der Waals surface area (Å²) in [5, 5.41) is 1.06. The highest BCUT2D eigenvalue weighted by molar-refractivity contribution is 8.13. The number of hydrogen-bond acceptors (Lipinski definition) is 4. The van der Waals surface area contributed by atoms with E-state index in [0.717, 1.165) is 10.7 Å². The Morgan fingerprint density at radius 2 is 2.00 bits per heavy atom. The molecule has 1 aromatic rings. The van der Waals surface area contributed by atoms with Crippen molar-refractivity contribution in [1.82, 2.24) is 0 Å². The van der Waals surface area contributed by atoms with Gasteiger partial charge in [0.1, 0.15) is 0 Å². The topological polar surface area (TPSA) is 38.7 Å². The SMILES string of the molecule is COC(=O)C[C@H]1C(SC)=Nc2ccccc2[C@@H]1[Si](C)(C)C. The zero-order valence-corrected chi connectivity index (χ0v) is 15.2. The van der Waals surface area contributed by atoms with Crippen LogP contribution < -0.4 is 0 Å². The van der Waals surface area contributed by atoms with Crippen LogP contribution in [0.5, 0.6) is 0 Å². The monoisotopic (exact) mass is 321 g/mol. The third kappa shape index (κ3) is 3.40. The number of ether oxygens (including phenoxy) is 1. The molecule has 0 aliphatic carbocycles. The summed E-state index contributed by atoms with van der Waals surface area (Å²) in [6, 6.07) is 8.35. The number of nitrogens with zero attached hydrogens (tertiary/aromatic N) is 1. The zero-order chi connectivity index (χ0) is 15.6. The van der Waals surface area contributed by atoms with Gasteiger partial charge in [0.15, 0.2) is 0 Å². The smallest absolute Gasteiger partial charge is 0.306 e. The number of carbonyl (C=O) groups is 1. The van der Waals surface area contributed by atoms with Crippen LogP contribution in [-0.4, -0.2) is 32.5 Å². The molecule has 1 heterocycles. The first-order chi connectivity index (χ1) is 9.88. The molecule has 114 valence electrons. The fourth-order valence-electron chi connectivity index (χ4n) is 3.15. The van der Waals surface area contributed by atoms with E-state index in [1.807, 2.05) is 12.3 Å². The fraction of sp³-hybridized carbons (Fsp3) is 0.500. The molecule has 1 aliphatic heterocycles. The van der Waals surface area contributed by atoms with E-state index in [4.69, 9.17) is 9.73 Å². The molecule has 3 nitrogen and oxygen atoms in total. The van der Waals surface area contributed by atoms with Gasteiger partial charge in [0.2, 0.25) is 0 Å². The molecule has 0 amide bonds. The van der Waals surface area contributed by atoms with E-state index >= 15 is 0 Å². The molecule has 0 saturated carbocycles. The predicted octanol–water partition coefficient (Wildman–Crippen LogP) is 4.23. The van der Waals surface area contributed by atoms with Gasteiger partial charge < -0.3 is 4.74 Å². The Labute approximate surface area is 132 Å². The first-order valence-electron chi connectivity index (χ1n) is 7.16. The molecule has 1 aliphatic rings. The van der Waals surface area contributed by atoms with Crippen molar-refractivity contribution >= 4 is 36.5 Å². The number of rotatable bonds is 3. The largest absolute Gasteiger partial charge is 0.469 e. The van der Waals surface area contributed by atoms with Crippen molar-refractivity contribution in [3.8, 4) is 0 Å². The second kappa shape index (κ2) is 6.36. The van der Waals surface area contributed by atoms with Gasteiger partial charge >= 0.3 is 5.97 Å². The van der Waals surface area contributed by atoms with Gasteiger partial charge in [-0.1, -0.05) is 37.8 Å². The molecule has 21 heavy (non-hydrogen) atoms. The number of esters is 1. The Bertz CT molecular complexity index is 566. The number of fused-ring (bicyclic) bond motifs is 1. The first-order valence-corrected chi connectivity index (χ1v) is 12.0. The summed E-state index contributed by atoms with van der Waals surface area (Å²) in [5.74, 6) is -0.00148. The van der Waals surface area contributed by atoms with E-state index in [1.165, 1.54) is 12.7 Å². The van der Waals surface area contributed by atoms with E-state index in [1.54, 1.807) is 11.8 Å². The lowest BCUT2D eigenvalue weighted by Gasteiger charge is -2.39. The number of benzene rings is 1. The Kier molecular flexibility index (Phi) is 4.94. The van der Waals surface area contributed by atoms with Crippen LogP contribution in [0.3, 0.4) is 0 Å². The van der Waals surface area contributed by atoms with Gasteiger partial charge in [0.25, 0.3) is 0 Å². The van der Waals surface area contributed by atoms with Crippen molar-refractivity contribution in [1.29, 1.82) is 0 Å². The first kappa shape index (κ1) is 16.3. The third-order valence-corrected chi connectivity index (χ3v) is 7.37. The third-order valence-electron chi connectivity index (χ3n) is 3.98. The molecule has 0 fully saturated rings. The summed E-state index contributed by atoms with van der Waals surface area (Å²) in [6.07, 6.45) is 2.46. The van der Waals surface area contributed by atoms with Crippen LogP contribution in [0.15, 0.2) is 29.3 Å². The number of thioether (sulfide) groups is 1. The molecule has 0 saturated heterocycles. The average Bonchev–Trinajstić information content (AvgIpc) is 2.44. The summed E-state index contributed by atoms with van der Waals surface area (Å²) in [5.41, 5.74) is 2.76. The summed E-state index contributed by atoms with van der Waals surface area (Å²) < 4.78 is 4.91. The molecular weight excluding hydrogens is 298 g/mol. The van der Waals surface area contributed by atoms with E-state index in [9.17, 15) is 4.79 Å². The van der Waals surface area contributed by atoms with Gasteiger partial charge in [-0.25, -0.2) is 4.99 Å². The number of aliphatic imine (C=N–C) groups is 1. The standard InChI is InChI=1S/C16H23NO2SSi/c1-19-14(18)10-12-15(21(3,4)5)11-8-6-7-9-13(11)17-16(12)20-2/h6-9,12,15H,10H2,1-5H3/t12-,15+/m1/s1. The molecule has 2 atom stereocenters. The van der Waals surface area contributed by atoms with Crippen LogP contribution in [-0.2, 0) is 9.53 Å². The van der Waals surface area contributed by atoms with Crippen molar-refractivity contribution in [2.45, 2.75) is 31.6 Å². The van der Waals surface area contributed by atoms with Gasteiger partial charge in [-0.15, -0.1) is 11.8 Å². The highest BCUT2D eigenvalue weighted by Crippen LogP contribution is 2.46. The highest BCUT2D eigenvalue weighted by Gasteiger charge is 2.42. The molecule has 2 rings (SSSR count). The quantitative estimate of drug-likeness (QED) is 0.617. The van der Waals surface area contributed by atoms with Crippen LogP contribution in [0, 0.1) is 5.92 Å². The number of hydrogen-bond donors (Lipinski definition) is 0. The summed E-state index contributed by atoms with van der Waals surface area (Å²) in [7, 11) is -0.0534. The van der Waals surface area contributed by atoms with Gasteiger partial charge in [-0.2, -0.15) is 0 Å². The van der Waals surface area contributed by atoms with E-state index in [-0.39, 0.29) is 11.9 Å². The van der Waals surface area contributed by atoms with Gasteiger partial charge in [-0.3, -0.25) is 4.79 Å². The van der Waals surface area contributed by atoms with Crippen LogP contribution >= 0.6 is 11.8 Å². The second-order valence-electron chi connectivity index (χ2n) is 6.44. The second-order valence-corrected chi connectivity index (χ2v) is 12.6. The fourth-order valence-corrected chi connectivity index (χ4v) is 6.64. The van der Waals surface area contributed by atoms with Crippen LogP contribution in [0.2, 0.25) is 19.6 Å². The molecule has 0 unspecified atom stereocenters.